The van der Waals surface area contributed by atoms with Gasteiger partial charge in [0.2, 0.25) is 0 Å². The quantitative estimate of drug-likeness (QED) is 0.682. The SMILES string of the molecule is CCOC(OCC)C1OCC(OC2CCCCO2)C1CO. The van der Waals surface area contributed by atoms with Crippen molar-refractivity contribution in [1.82, 2.24) is 0 Å². The minimum atomic E-state index is -0.460. The molecule has 0 saturated carbocycles. The fourth-order valence-corrected chi connectivity index (χ4v) is 2.89. The van der Waals surface area contributed by atoms with Crippen molar-refractivity contribution in [2.45, 2.75) is 57.9 Å². The van der Waals surface area contributed by atoms with Crippen LogP contribution in [0.2, 0.25) is 0 Å². The molecule has 0 amide bonds. The van der Waals surface area contributed by atoms with E-state index < -0.39 is 6.29 Å². The first-order valence-electron chi connectivity index (χ1n) is 8.02. The first kappa shape index (κ1) is 17.1. The maximum atomic E-state index is 9.71. The highest BCUT2D eigenvalue weighted by Crippen LogP contribution is 2.30. The van der Waals surface area contributed by atoms with Gasteiger partial charge in [-0.25, -0.2) is 0 Å². The smallest absolute Gasteiger partial charge is 0.184 e. The summed E-state index contributed by atoms with van der Waals surface area (Å²) in [5.74, 6) is -0.154. The molecule has 1 N–H and O–H groups in total. The molecule has 2 rings (SSSR count). The third kappa shape index (κ3) is 4.61. The Morgan fingerprint density at radius 3 is 2.48 bits per heavy atom. The Labute approximate surface area is 126 Å². The maximum Gasteiger partial charge on any atom is 0.184 e. The van der Waals surface area contributed by atoms with Crippen molar-refractivity contribution in [3.8, 4) is 0 Å². The van der Waals surface area contributed by atoms with Gasteiger partial charge >= 0.3 is 0 Å². The van der Waals surface area contributed by atoms with E-state index in [1.807, 2.05) is 13.8 Å². The highest BCUT2D eigenvalue weighted by Gasteiger charge is 2.44. The van der Waals surface area contributed by atoms with E-state index in [1.54, 1.807) is 0 Å². The van der Waals surface area contributed by atoms with Crippen molar-refractivity contribution >= 4 is 0 Å². The van der Waals surface area contributed by atoms with Crippen LogP contribution < -0.4 is 0 Å². The summed E-state index contributed by atoms with van der Waals surface area (Å²) in [5, 5.41) is 9.71. The number of hydrogen-bond acceptors (Lipinski definition) is 6. The molecule has 21 heavy (non-hydrogen) atoms. The summed E-state index contributed by atoms with van der Waals surface area (Å²) in [6.07, 6.45) is 1.99. The number of hydrogen-bond donors (Lipinski definition) is 1. The summed E-state index contributed by atoms with van der Waals surface area (Å²) >= 11 is 0. The van der Waals surface area contributed by atoms with Crippen molar-refractivity contribution in [2.24, 2.45) is 5.92 Å². The molecule has 2 aliphatic rings. The molecular formula is C15H28O6. The largest absolute Gasteiger partial charge is 0.396 e. The van der Waals surface area contributed by atoms with Gasteiger partial charge in [0.25, 0.3) is 0 Å². The van der Waals surface area contributed by atoms with Crippen molar-refractivity contribution in [1.29, 1.82) is 0 Å². The molecule has 124 valence electrons. The molecule has 0 radical (unpaired) electrons. The van der Waals surface area contributed by atoms with Crippen LogP contribution in [0.4, 0.5) is 0 Å². The highest BCUT2D eigenvalue weighted by molar-refractivity contribution is 4.87. The van der Waals surface area contributed by atoms with E-state index in [0.29, 0.717) is 19.8 Å². The molecule has 6 nitrogen and oxygen atoms in total. The second-order valence-corrected chi connectivity index (χ2v) is 5.39. The maximum absolute atomic E-state index is 9.71. The van der Waals surface area contributed by atoms with Crippen LogP contribution in [-0.2, 0) is 23.7 Å². The predicted octanol–water partition coefficient (Wildman–Crippen LogP) is 1.30. The summed E-state index contributed by atoms with van der Waals surface area (Å²) in [5.41, 5.74) is 0. The Hall–Kier alpha value is -0.240. The zero-order valence-corrected chi connectivity index (χ0v) is 13.0. The summed E-state index contributed by atoms with van der Waals surface area (Å²) < 4.78 is 28.5. The van der Waals surface area contributed by atoms with Crippen LogP contribution >= 0.6 is 0 Å². The predicted molar refractivity (Wildman–Crippen MR) is 75.8 cm³/mol. The van der Waals surface area contributed by atoms with Crippen LogP contribution in [0, 0.1) is 5.92 Å². The van der Waals surface area contributed by atoms with Gasteiger partial charge in [0.15, 0.2) is 12.6 Å². The van der Waals surface area contributed by atoms with Crippen LogP contribution in [0.25, 0.3) is 0 Å². The van der Waals surface area contributed by atoms with Gasteiger partial charge in [-0.3, -0.25) is 0 Å². The molecule has 2 fully saturated rings. The first-order valence-corrected chi connectivity index (χ1v) is 8.02. The minimum absolute atomic E-state index is 0.0152. The van der Waals surface area contributed by atoms with Crippen molar-refractivity contribution in [2.75, 3.05) is 33.0 Å². The van der Waals surface area contributed by atoms with E-state index >= 15 is 0 Å². The summed E-state index contributed by atoms with van der Waals surface area (Å²) in [6.45, 7) is 6.08. The third-order valence-corrected chi connectivity index (χ3v) is 3.96. The molecule has 0 bridgehead atoms. The fourth-order valence-electron chi connectivity index (χ4n) is 2.89. The van der Waals surface area contributed by atoms with Crippen molar-refractivity contribution in [3.05, 3.63) is 0 Å². The lowest BCUT2D eigenvalue weighted by Crippen LogP contribution is -2.41. The van der Waals surface area contributed by atoms with E-state index in [4.69, 9.17) is 23.7 Å². The monoisotopic (exact) mass is 304 g/mol. The molecule has 6 heteroatoms. The molecule has 0 aromatic rings. The molecule has 4 unspecified atom stereocenters. The summed E-state index contributed by atoms with van der Waals surface area (Å²) in [7, 11) is 0. The Morgan fingerprint density at radius 2 is 1.90 bits per heavy atom. The average molecular weight is 304 g/mol. The summed E-state index contributed by atoms with van der Waals surface area (Å²) in [6, 6.07) is 0. The second-order valence-electron chi connectivity index (χ2n) is 5.39. The van der Waals surface area contributed by atoms with E-state index in [-0.39, 0.29) is 31.0 Å². The number of ether oxygens (including phenoxy) is 5. The molecular weight excluding hydrogens is 276 g/mol. The lowest BCUT2D eigenvalue weighted by atomic mass is 9.99. The lowest BCUT2D eigenvalue weighted by Gasteiger charge is -2.30. The summed E-state index contributed by atoms with van der Waals surface area (Å²) in [4.78, 5) is 0. The van der Waals surface area contributed by atoms with Gasteiger partial charge in [0.1, 0.15) is 6.10 Å². The van der Waals surface area contributed by atoms with Crippen LogP contribution in [0.1, 0.15) is 33.1 Å². The zero-order valence-electron chi connectivity index (χ0n) is 13.0. The Morgan fingerprint density at radius 1 is 1.14 bits per heavy atom. The van der Waals surface area contributed by atoms with E-state index in [2.05, 4.69) is 0 Å². The topological polar surface area (TPSA) is 66.4 Å². The van der Waals surface area contributed by atoms with Gasteiger partial charge in [-0.2, -0.15) is 0 Å². The van der Waals surface area contributed by atoms with Gasteiger partial charge in [-0.1, -0.05) is 0 Å². The Balaban J connectivity index is 1.91. The molecule has 0 aromatic heterocycles. The average Bonchev–Trinajstić information content (AvgIpc) is 2.90. The fraction of sp³-hybridized carbons (Fsp3) is 1.00. The molecule has 2 heterocycles. The van der Waals surface area contributed by atoms with Crippen LogP contribution in [0.3, 0.4) is 0 Å². The van der Waals surface area contributed by atoms with Gasteiger partial charge in [0.05, 0.1) is 19.3 Å². The van der Waals surface area contributed by atoms with Crippen molar-refractivity contribution in [3.63, 3.8) is 0 Å². The Kier molecular flexibility index (Phi) is 7.36. The highest BCUT2D eigenvalue weighted by atomic mass is 16.7. The molecule has 2 aliphatic heterocycles. The molecule has 0 aromatic carbocycles. The van der Waals surface area contributed by atoms with E-state index in [1.165, 1.54) is 0 Å². The van der Waals surface area contributed by atoms with Crippen molar-refractivity contribution < 1.29 is 28.8 Å². The normalized spacial score (nSPS) is 33.7. The molecule has 0 aliphatic carbocycles. The minimum Gasteiger partial charge on any atom is -0.396 e. The van der Waals surface area contributed by atoms with Crippen LogP contribution in [0.15, 0.2) is 0 Å². The molecule has 4 atom stereocenters. The Bertz CT molecular complexity index is 275. The van der Waals surface area contributed by atoms with E-state index in [9.17, 15) is 5.11 Å². The van der Waals surface area contributed by atoms with Crippen LogP contribution in [0.5, 0.6) is 0 Å². The number of aliphatic hydroxyl groups is 1. The lowest BCUT2D eigenvalue weighted by molar-refractivity contribution is -0.209. The van der Waals surface area contributed by atoms with Gasteiger partial charge in [0, 0.05) is 25.7 Å². The zero-order chi connectivity index (χ0) is 15.1. The first-order chi connectivity index (χ1) is 10.3. The number of rotatable bonds is 8. The van der Waals surface area contributed by atoms with Gasteiger partial charge in [-0.15, -0.1) is 0 Å². The third-order valence-electron chi connectivity index (χ3n) is 3.96. The number of aliphatic hydroxyl groups excluding tert-OH is 1. The molecule has 2 saturated heterocycles. The van der Waals surface area contributed by atoms with Gasteiger partial charge < -0.3 is 28.8 Å². The van der Waals surface area contributed by atoms with Gasteiger partial charge in [-0.05, 0) is 33.1 Å². The van der Waals surface area contributed by atoms with E-state index in [0.717, 1.165) is 25.9 Å². The van der Waals surface area contributed by atoms with Crippen LogP contribution in [-0.4, -0.2) is 62.9 Å². The second kappa shape index (κ2) is 9.02. The molecule has 0 spiro atoms. The standard InChI is InChI=1S/C15H28O6/c1-3-17-15(18-4-2)14-11(9-16)12(10-20-14)21-13-7-5-6-8-19-13/h11-16H,3-10H2,1-2H3.